The minimum absolute atomic E-state index is 0.116. The molecule has 2 N–H and O–H groups in total. The van der Waals surface area contributed by atoms with Crippen LogP contribution in [0.3, 0.4) is 0 Å². The summed E-state index contributed by atoms with van der Waals surface area (Å²) in [6.07, 6.45) is 4.85. The predicted molar refractivity (Wildman–Crippen MR) is 105 cm³/mol. The molecule has 1 saturated heterocycles. The lowest BCUT2D eigenvalue weighted by atomic mass is 10.0. The summed E-state index contributed by atoms with van der Waals surface area (Å²) in [6, 6.07) is 6.52. The van der Waals surface area contributed by atoms with Gasteiger partial charge in [0.1, 0.15) is 0 Å². The normalized spacial score (nSPS) is 16.9. The van der Waals surface area contributed by atoms with Gasteiger partial charge in [-0.25, -0.2) is 8.42 Å². The Bertz CT molecular complexity index is 708. The molecule has 0 aliphatic carbocycles. The second-order valence-corrected chi connectivity index (χ2v) is 9.42. The highest BCUT2D eigenvalue weighted by molar-refractivity contribution is 7.89. The van der Waals surface area contributed by atoms with Crippen molar-refractivity contribution in [3.8, 4) is 0 Å². The number of nitrogens with one attached hydrogen (secondary N) is 2. The van der Waals surface area contributed by atoms with E-state index in [9.17, 15) is 13.2 Å². The second kappa shape index (κ2) is 8.97. The average molecular weight is 382 g/mol. The Hall–Kier alpha value is -1.44. The van der Waals surface area contributed by atoms with Gasteiger partial charge in [0, 0.05) is 24.3 Å². The number of sulfonamides is 1. The van der Waals surface area contributed by atoms with Gasteiger partial charge < -0.3 is 10.6 Å². The quantitative estimate of drug-likeness (QED) is 0.761. The fourth-order valence-corrected chi connectivity index (χ4v) is 4.38. The number of nitrogens with zero attached hydrogens (tertiary/aromatic N) is 1. The van der Waals surface area contributed by atoms with Crippen molar-refractivity contribution < 1.29 is 13.2 Å². The lowest BCUT2D eigenvalue weighted by molar-refractivity contribution is -0.115. The van der Waals surface area contributed by atoms with Crippen LogP contribution in [0, 0.1) is 0 Å². The van der Waals surface area contributed by atoms with Gasteiger partial charge in [0.15, 0.2) is 0 Å². The molecule has 7 heteroatoms. The summed E-state index contributed by atoms with van der Waals surface area (Å²) in [5, 5.41) is 5.98. The molecule has 0 spiro atoms. The van der Waals surface area contributed by atoms with Gasteiger partial charge in [0.2, 0.25) is 15.9 Å². The van der Waals surface area contributed by atoms with Crippen molar-refractivity contribution in [3.05, 3.63) is 24.3 Å². The molecule has 0 atom stereocenters. The van der Waals surface area contributed by atoms with Crippen LogP contribution in [0.1, 0.15) is 52.9 Å². The van der Waals surface area contributed by atoms with E-state index in [4.69, 9.17) is 0 Å². The highest BCUT2D eigenvalue weighted by atomic mass is 32.2. The van der Waals surface area contributed by atoms with Crippen LogP contribution in [-0.4, -0.2) is 43.8 Å². The minimum Gasteiger partial charge on any atom is -0.325 e. The third kappa shape index (κ3) is 5.79. The molecule has 0 unspecified atom stereocenters. The fraction of sp³-hybridized carbons (Fsp3) is 0.632. The molecule has 1 aliphatic rings. The van der Waals surface area contributed by atoms with Crippen LogP contribution >= 0.6 is 0 Å². The summed E-state index contributed by atoms with van der Waals surface area (Å²) in [5.74, 6) is -0.184. The van der Waals surface area contributed by atoms with E-state index in [-0.39, 0.29) is 22.9 Å². The van der Waals surface area contributed by atoms with Crippen LogP contribution in [0.4, 0.5) is 5.69 Å². The lowest BCUT2D eigenvalue weighted by Gasteiger charge is -2.24. The van der Waals surface area contributed by atoms with E-state index in [2.05, 4.69) is 17.6 Å². The number of rotatable bonds is 7. The SMILES string of the molecule is CCC(C)(C)NCC(=O)Nc1cccc(S(=O)(=O)N2CCCCCC2)c1. The van der Waals surface area contributed by atoms with Crippen LogP contribution < -0.4 is 10.6 Å². The zero-order valence-electron chi connectivity index (χ0n) is 16.0. The molecular formula is C19H31N3O3S. The number of hydrogen-bond donors (Lipinski definition) is 2. The third-order valence-corrected chi connectivity index (χ3v) is 6.83. The van der Waals surface area contributed by atoms with Gasteiger partial charge in [0.25, 0.3) is 0 Å². The molecule has 2 rings (SSSR count). The first-order valence-electron chi connectivity index (χ1n) is 9.40. The van der Waals surface area contributed by atoms with Crippen molar-refractivity contribution >= 4 is 21.6 Å². The van der Waals surface area contributed by atoms with Gasteiger partial charge >= 0.3 is 0 Å². The van der Waals surface area contributed by atoms with Crippen molar-refractivity contribution in [3.63, 3.8) is 0 Å². The zero-order valence-corrected chi connectivity index (χ0v) is 16.9. The number of carbonyl (C=O) groups is 1. The summed E-state index contributed by atoms with van der Waals surface area (Å²) >= 11 is 0. The third-order valence-electron chi connectivity index (χ3n) is 4.93. The topological polar surface area (TPSA) is 78.5 Å². The maximum absolute atomic E-state index is 12.9. The van der Waals surface area contributed by atoms with Crippen LogP contribution in [-0.2, 0) is 14.8 Å². The van der Waals surface area contributed by atoms with E-state index in [0.29, 0.717) is 18.8 Å². The smallest absolute Gasteiger partial charge is 0.243 e. The van der Waals surface area contributed by atoms with E-state index in [1.54, 1.807) is 28.6 Å². The molecule has 1 aromatic carbocycles. The summed E-state index contributed by atoms with van der Waals surface area (Å²) in [7, 11) is -3.52. The Kier molecular flexibility index (Phi) is 7.20. The maximum atomic E-state index is 12.9. The second-order valence-electron chi connectivity index (χ2n) is 7.49. The van der Waals surface area contributed by atoms with Crippen LogP contribution in [0.2, 0.25) is 0 Å². The van der Waals surface area contributed by atoms with Gasteiger partial charge in [0.05, 0.1) is 11.4 Å². The number of carbonyl (C=O) groups excluding carboxylic acids is 1. The Morgan fingerprint density at radius 1 is 1.15 bits per heavy atom. The molecule has 1 fully saturated rings. The fourth-order valence-electron chi connectivity index (χ4n) is 2.82. The first kappa shape index (κ1) is 20.9. The standard InChI is InChI=1S/C19H31N3O3S/c1-4-19(2,3)20-15-18(23)21-16-10-9-11-17(14-16)26(24,25)22-12-7-5-6-8-13-22/h9-11,14,20H,4-8,12-13,15H2,1-3H3,(H,21,23). The Morgan fingerprint density at radius 3 is 2.42 bits per heavy atom. The molecular weight excluding hydrogens is 350 g/mol. The minimum atomic E-state index is -3.52. The molecule has 6 nitrogen and oxygen atoms in total. The van der Waals surface area contributed by atoms with E-state index < -0.39 is 10.0 Å². The maximum Gasteiger partial charge on any atom is 0.243 e. The van der Waals surface area contributed by atoms with E-state index >= 15 is 0 Å². The molecule has 1 heterocycles. The average Bonchev–Trinajstić information content (AvgIpc) is 2.90. The van der Waals surface area contributed by atoms with E-state index in [1.165, 1.54) is 0 Å². The highest BCUT2D eigenvalue weighted by Gasteiger charge is 2.25. The monoisotopic (exact) mass is 381 g/mol. The number of hydrogen-bond acceptors (Lipinski definition) is 4. The molecule has 146 valence electrons. The molecule has 1 amide bonds. The first-order chi connectivity index (χ1) is 12.2. The van der Waals surface area contributed by atoms with Gasteiger partial charge in [-0.15, -0.1) is 0 Å². The van der Waals surface area contributed by atoms with Crippen LogP contribution in [0.25, 0.3) is 0 Å². The van der Waals surface area contributed by atoms with Gasteiger partial charge in [-0.3, -0.25) is 4.79 Å². The molecule has 1 aliphatic heterocycles. The van der Waals surface area contributed by atoms with E-state index in [0.717, 1.165) is 32.1 Å². The lowest BCUT2D eigenvalue weighted by Crippen LogP contribution is -2.43. The highest BCUT2D eigenvalue weighted by Crippen LogP contribution is 2.22. The van der Waals surface area contributed by atoms with Gasteiger partial charge in [-0.1, -0.05) is 25.8 Å². The summed E-state index contributed by atoms with van der Waals surface area (Å²) in [4.78, 5) is 12.4. The Balaban J connectivity index is 2.06. The van der Waals surface area contributed by atoms with Gasteiger partial charge in [-0.2, -0.15) is 4.31 Å². The molecule has 0 aromatic heterocycles. The first-order valence-corrected chi connectivity index (χ1v) is 10.8. The van der Waals surface area contributed by atoms with Crippen molar-refractivity contribution in [2.75, 3.05) is 25.0 Å². The number of amides is 1. The van der Waals surface area contributed by atoms with Crippen molar-refractivity contribution in [1.29, 1.82) is 0 Å². The zero-order chi connectivity index (χ0) is 19.2. The number of anilines is 1. The predicted octanol–water partition coefficient (Wildman–Crippen LogP) is 2.97. The van der Waals surface area contributed by atoms with Crippen molar-refractivity contribution in [2.24, 2.45) is 0 Å². The Labute approximate surface area is 157 Å². The summed E-state index contributed by atoms with van der Waals surface area (Å²) in [5.41, 5.74) is 0.386. The Morgan fingerprint density at radius 2 is 1.81 bits per heavy atom. The summed E-state index contributed by atoms with van der Waals surface area (Å²) < 4.78 is 27.3. The summed E-state index contributed by atoms with van der Waals surface area (Å²) in [6.45, 7) is 7.44. The van der Waals surface area contributed by atoms with Crippen LogP contribution in [0.15, 0.2) is 29.2 Å². The molecule has 0 bridgehead atoms. The van der Waals surface area contributed by atoms with E-state index in [1.807, 2.05) is 13.8 Å². The molecule has 0 saturated carbocycles. The van der Waals surface area contributed by atoms with Crippen LogP contribution in [0.5, 0.6) is 0 Å². The van der Waals surface area contributed by atoms with Crippen molar-refractivity contribution in [2.45, 2.75) is 63.3 Å². The molecule has 26 heavy (non-hydrogen) atoms. The van der Waals surface area contributed by atoms with Gasteiger partial charge in [-0.05, 0) is 51.3 Å². The molecule has 1 aromatic rings. The van der Waals surface area contributed by atoms with Crippen molar-refractivity contribution in [1.82, 2.24) is 9.62 Å². The number of benzene rings is 1. The molecule has 0 radical (unpaired) electrons. The largest absolute Gasteiger partial charge is 0.325 e.